The molecule has 7 nitrogen and oxygen atoms in total. The van der Waals surface area contributed by atoms with E-state index >= 15 is 0 Å². The van der Waals surface area contributed by atoms with Gasteiger partial charge in [0.05, 0.1) is 17.6 Å². The maximum absolute atomic E-state index is 13.4. The van der Waals surface area contributed by atoms with Crippen LogP contribution in [0.4, 0.5) is 10.1 Å². The molecule has 0 aliphatic carbocycles. The van der Waals surface area contributed by atoms with Crippen LogP contribution in [0.5, 0.6) is 0 Å². The number of anilines is 1. The van der Waals surface area contributed by atoms with E-state index in [1.165, 1.54) is 28.8 Å². The standard InChI is InChI=1S/C24H18FN5O2/c1-15-7-12-19-20(13-15)29(14-16-5-3-2-4-6-16)24(32)22-27-21(28-30(19)22)23(31)26-18-10-8-17(25)9-11-18/h2-13H,14H2,1H3,(H,26,31). The second-order valence-corrected chi connectivity index (χ2v) is 7.50. The Bertz CT molecular complexity index is 1520. The average molecular weight is 427 g/mol. The Morgan fingerprint density at radius 1 is 1.00 bits per heavy atom. The first-order valence-electron chi connectivity index (χ1n) is 10.0. The number of carbonyl (C=O) groups excluding carboxylic acids is 1. The van der Waals surface area contributed by atoms with E-state index in [-0.39, 0.29) is 17.0 Å². The van der Waals surface area contributed by atoms with Gasteiger partial charge in [0.1, 0.15) is 5.82 Å². The summed E-state index contributed by atoms with van der Waals surface area (Å²) in [5, 5.41) is 6.92. The smallest absolute Gasteiger partial charge is 0.296 e. The zero-order chi connectivity index (χ0) is 22.2. The van der Waals surface area contributed by atoms with Crippen molar-refractivity contribution < 1.29 is 9.18 Å². The van der Waals surface area contributed by atoms with Gasteiger partial charge in [-0.1, -0.05) is 36.4 Å². The zero-order valence-electron chi connectivity index (χ0n) is 17.1. The lowest BCUT2D eigenvalue weighted by atomic mass is 10.2. The van der Waals surface area contributed by atoms with E-state index in [4.69, 9.17) is 0 Å². The van der Waals surface area contributed by atoms with E-state index in [1.807, 2.05) is 55.5 Å². The van der Waals surface area contributed by atoms with Crippen LogP contribution in [-0.4, -0.2) is 25.1 Å². The van der Waals surface area contributed by atoms with Crippen molar-refractivity contribution in [2.45, 2.75) is 13.5 Å². The molecule has 0 aliphatic heterocycles. The number of fused-ring (bicyclic) bond motifs is 3. The van der Waals surface area contributed by atoms with Crippen molar-refractivity contribution in [3.8, 4) is 0 Å². The lowest BCUT2D eigenvalue weighted by molar-refractivity contribution is 0.101. The molecule has 0 spiro atoms. The fourth-order valence-corrected chi connectivity index (χ4v) is 3.62. The molecular formula is C24H18FN5O2. The quantitative estimate of drug-likeness (QED) is 0.473. The first kappa shape index (κ1) is 19.6. The molecule has 0 saturated carbocycles. The molecule has 1 N–H and O–H groups in total. The third kappa shape index (κ3) is 3.51. The molecule has 0 atom stereocenters. The van der Waals surface area contributed by atoms with Gasteiger partial charge in [0, 0.05) is 5.69 Å². The first-order valence-corrected chi connectivity index (χ1v) is 10.0. The van der Waals surface area contributed by atoms with Crippen LogP contribution < -0.4 is 10.9 Å². The Hall–Kier alpha value is -4.33. The van der Waals surface area contributed by atoms with Crippen molar-refractivity contribution in [3.05, 3.63) is 106 Å². The normalized spacial score (nSPS) is 11.2. The van der Waals surface area contributed by atoms with E-state index in [2.05, 4.69) is 15.4 Å². The predicted molar refractivity (Wildman–Crippen MR) is 119 cm³/mol. The number of rotatable bonds is 4. The predicted octanol–water partition coefficient (Wildman–Crippen LogP) is 3.79. The third-order valence-electron chi connectivity index (χ3n) is 5.18. The summed E-state index contributed by atoms with van der Waals surface area (Å²) in [6.45, 7) is 2.31. The van der Waals surface area contributed by atoms with Gasteiger partial charge in [0.2, 0.25) is 11.5 Å². The lowest BCUT2D eigenvalue weighted by Crippen LogP contribution is -2.24. The van der Waals surface area contributed by atoms with E-state index in [0.717, 1.165) is 11.1 Å². The minimum Gasteiger partial charge on any atom is -0.319 e. The molecule has 3 aromatic carbocycles. The highest BCUT2D eigenvalue weighted by Gasteiger charge is 2.19. The molecule has 0 bridgehead atoms. The Morgan fingerprint density at radius 3 is 2.50 bits per heavy atom. The molecular weight excluding hydrogens is 409 g/mol. The summed E-state index contributed by atoms with van der Waals surface area (Å²) in [6.07, 6.45) is 0. The molecule has 158 valence electrons. The molecule has 5 aromatic rings. The van der Waals surface area contributed by atoms with Gasteiger partial charge in [0.15, 0.2) is 0 Å². The number of carbonyl (C=O) groups is 1. The number of aromatic nitrogens is 4. The molecule has 5 rings (SSSR count). The van der Waals surface area contributed by atoms with E-state index in [1.54, 1.807) is 4.57 Å². The lowest BCUT2D eigenvalue weighted by Gasteiger charge is -2.12. The Balaban J connectivity index is 1.64. The summed E-state index contributed by atoms with van der Waals surface area (Å²) < 4.78 is 16.2. The summed E-state index contributed by atoms with van der Waals surface area (Å²) in [4.78, 5) is 30.3. The van der Waals surface area contributed by atoms with Gasteiger partial charge < -0.3 is 5.32 Å². The molecule has 0 unspecified atom stereocenters. The summed E-state index contributed by atoms with van der Waals surface area (Å²) in [5.74, 6) is -1.14. The van der Waals surface area contributed by atoms with E-state index in [9.17, 15) is 14.0 Å². The van der Waals surface area contributed by atoms with Crippen LogP contribution in [0.25, 0.3) is 16.7 Å². The number of aryl methyl sites for hydroxylation is 1. The number of halogens is 1. The van der Waals surface area contributed by atoms with Crippen LogP contribution in [0, 0.1) is 12.7 Å². The Morgan fingerprint density at radius 2 is 1.75 bits per heavy atom. The second-order valence-electron chi connectivity index (χ2n) is 7.50. The molecule has 1 amide bonds. The molecule has 0 radical (unpaired) electrons. The van der Waals surface area contributed by atoms with Crippen molar-refractivity contribution >= 4 is 28.3 Å². The van der Waals surface area contributed by atoms with Crippen LogP contribution in [0.2, 0.25) is 0 Å². The minimum atomic E-state index is -0.588. The highest BCUT2D eigenvalue weighted by atomic mass is 19.1. The number of benzene rings is 3. The molecule has 32 heavy (non-hydrogen) atoms. The average Bonchev–Trinajstić information content (AvgIpc) is 3.25. The molecule has 2 aromatic heterocycles. The minimum absolute atomic E-state index is 0.0570. The molecule has 0 saturated heterocycles. The summed E-state index contributed by atoms with van der Waals surface area (Å²) in [7, 11) is 0. The maximum Gasteiger partial charge on any atom is 0.296 e. The number of nitrogens with one attached hydrogen (secondary N) is 1. The second kappa shape index (κ2) is 7.73. The SMILES string of the molecule is Cc1ccc2c(c1)n(Cc1ccccc1)c(=O)c1nc(C(=O)Nc3ccc(F)cc3)nn12. The highest BCUT2D eigenvalue weighted by molar-refractivity contribution is 6.02. The largest absolute Gasteiger partial charge is 0.319 e. The van der Waals surface area contributed by atoms with Crippen LogP contribution in [0.15, 0.2) is 77.6 Å². The first-order chi connectivity index (χ1) is 15.5. The fraction of sp³-hybridized carbons (Fsp3) is 0.0833. The van der Waals surface area contributed by atoms with Gasteiger partial charge in [-0.25, -0.2) is 8.91 Å². The van der Waals surface area contributed by atoms with Crippen LogP contribution in [-0.2, 0) is 6.54 Å². The van der Waals surface area contributed by atoms with Crippen LogP contribution >= 0.6 is 0 Å². The topological polar surface area (TPSA) is 81.3 Å². The molecule has 0 fully saturated rings. The third-order valence-corrected chi connectivity index (χ3v) is 5.18. The molecule has 0 aliphatic rings. The van der Waals surface area contributed by atoms with Gasteiger partial charge in [-0.2, -0.15) is 4.98 Å². The Kier molecular flexibility index (Phi) is 4.74. The molecule has 2 heterocycles. The highest BCUT2D eigenvalue weighted by Crippen LogP contribution is 2.18. The van der Waals surface area contributed by atoms with Gasteiger partial charge in [0.25, 0.3) is 11.5 Å². The van der Waals surface area contributed by atoms with Gasteiger partial charge in [-0.05, 0) is 54.4 Å². The van der Waals surface area contributed by atoms with Crippen LogP contribution in [0.3, 0.4) is 0 Å². The molecule has 8 heteroatoms. The van der Waals surface area contributed by atoms with E-state index in [0.29, 0.717) is 23.3 Å². The number of hydrogen-bond donors (Lipinski definition) is 1. The van der Waals surface area contributed by atoms with E-state index < -0.39 is 11.7 Å². The fourth-order valence-electron chi connectivity index (χ4n) is 3.62. The van der Waals surface area contributed by atoms with Gasteiger partial charge in [-0.15, -0.1) is 5.10 Å². The summed E-state index contributed by atoms with van der Waals surface area (Å²) in [5.41, 5.74) is 3.43. The summed E-state index contributed by atoms with van der Waals surface area (Å²) in [6, 6.07) is 20.7. The van der Waals surface area contributed by atoms with Crippen molar-refractivity contribution in [2.75, 3.05) is 5.32 Å². The van der Waals surface area contributed by atoms with Crippen molar-refractivity contribution in [1.29, 1.82) is 0 Å². The summed E-state index contributed by atoms with van der Waals surface area (Å²) >= 11 is 0. The van der Waals surface area contributed by atoms with Gasteiger partial charge >= 0.3 is 0 Å². The number of amides is 1. The maximum atomic E-state index is 13.4. The van der Waals surface area contributed by atoms with Gasteiger partial charge in [-0.3, -0.25) is 14.2 Å². The van der Waals surface area contributed by atoms with Crippen molar-refractivity contribution in [1.82, 2.24) is 19.2 Å². The number of hydrogen-bond acceptors (Lipinski definition) is 4. The Labute approximate surface area is 181 Å². The van der Waals surface area contributed by atoms with Crippen LogP contribution in [0.1, 0.15) is 21.7 Å². The van der Waals surface area contributed by atoms with Crippen molar-refractivity contribution in [3.63, 3.8) is 0 Å². The van der Waals surface area contributed by atoms with Crippen molar-refractivity contribution in [2.24, 2.45) is 0 Å². The zero-order valence-corrected chi connectivity index (χ0v) is 17.1. The monoisotopic (exact) mass is 427 g/mol. The number of nitrogens with zero attached hydrogens (tertiary/aromatic N) is 4.